The third-order valence-corrected chi connectivity index (χ3v) is 3.86. The Morgan fingerprint density at radius 3 is 2.48 bits per heavy atom. The van der Waals surface area contributed by atoms with Crippen LogP contribution >= 0.6 is 0 Å². The van der Waals surface area contributed by atoms with E-state index in [1.165, 1.54) is 4.90 Å². The highest BCUT2D eigenvalue weighted by Crippen LogP contribution is 2.23. The van der Waals surface area contributed by atoms with E-state index in [1.807, 2.05) is 0 Å². The van der Waals surface area contributed by atoms with Crippen molar-refractivity contribution in [3.8, 4) is 0 Å². The average Bonchev–Trinajstić information content (AvgIpc) is 2.93. The molecule has 0 spiro atoms. The van der Waals surface area contributed by atoms with Gasteiger partial charge in [-0.2, -0.15) is 0 Å². The van der Waals surface area contributed by atoms with Crippen LogP contribution in [0.15, 0.2) is 0 Å². The summed E-state index contributed by atoms with van der Waals surface area (Å²) < 4.78 is 0. The molecule has 0 aromatic heterocycles. The number of hydrogen-bond donors (Lipinski definition) is 3. The second-order valence-electron chi connectivity index (χ2n) is 5.65. The molecule has 0 aromatic rings. The van der Waals surface area contributed by atoms with Gasteiger partial charge in [0.25, 0.3) is 0 Å². The molecule has 1 rings (SSSR count). The number of aliphatic carboxylic acids is 1. The van der Waals surface area contributed by atoms with Crippen LogP contribution in [0.1, 0.15) is 45.4 Å². The van der Waals surface area contributed by atoms with Crippen LogP contribution in [0.5, 0.6) is 0 Å². The van der Waals surface area contributed by atoms with E-state index in [-0.39, 0.29) is 18.6 Å². The molecule has 1 aliphatic carbocycles. The third-order valence-electron chi connectivity index (χ3n) is 3.86. The van der Waals surface area contributed by atoms with E-state index < -0.39 is 17.8 Å². The Labute approximate surface area is 124 Å². The van der Waals surface area contributed by atoms with Gasteiger partial charge in [-0.25, -0.2) is 4.79 Å². The molecule has 4 N–H and O–H groups in total. The maximum atomic E-state index is 12.1. The van der Waals surface area contributed by atoms with Crippen LogP contribution in [-0.2, 0) is 9.59 Å². The lowest BCUT2D eigenvalue weighted by Crippen LogP contribution is -2.49. The Morgan fingerprint density at radius 2 is 1.95 bits per heavy atom. The first-order chi connectivity index (χ1) is 9.91. The van der Waals surface area contributed by atoms with E-state index in [1.54, 1.807) is 6.92 Å². The lowest BCUT2D eigenvalue weighted by Gasteiger charge is -2.28. The van der Waals surface area contributed by atoms with E-state index in [2.05, 4.69) is 5.32 Å². The van der Waals surface area contributed by atoms with Crippen LogP contribution in [-0.4, -0.2) is 47.0 Å². The Hall–Kier alpha value is -1.79. The van der Waals surface area contributed by atoms with Crippen molar-refractivity contribution in [1.82, 2.24) is 10.2 Å². The molecular formula is C14H25N3O4. The fourth-order valence-corrected chi connectivity index (χ4v) is 2.58. The van der Waals surface area contributed by atoms with Gasteiger partial charge in [-0.1, -0.05) is 19.8 Å². The van der Waals surface area contributed by atoms with Gasteiger partial charge in [0.2, 0.25) is 5.91 Å². The highest BCUT2D eigenvalue weighted by Gasteiger charge is 2.27. The van der Waals surface area contributed by atoms with Crippen LogP contribution in [0, 0.1) is 5.92 Å². The zero-order chi connectivity index (χ0) is 15.8. The molecule has 1 atom stereocenters. The molecule has 0 bridgehead atoms. The van der Waals surface area contributed by atoms with Crippen molar-refractivity contribution in [3.05, 3.63) is 0 Å². The van der Waals surface area contributed by atoms with Crippen LogP contribution < -0.4 is 11.1 Å². The molecule has 0 aromatic carbocycles. The maximum absolute atomic E-state index is 12.1. The minimum absolute atomic E-state index is 0.0674. The molecule has 1 saturated carbocycles. The summed E-state index contributed by atoms with van der Waals surface area (Å²) in [6, 6.07) is -0.209. The number of carbonyl (C=O) groups is 3. The Morgan fingerprint density at radius 1 is 1.33 bits per heavy atom. The van der Waals surface area contributed by atoms with Gasteiger partial charge >= 0.3 is 12.0 Å². The van der Waals surface area contributed by atoms with Gasteiger partial charge in [-0.05, 0) is 25.7 Å². The second-order valence-corrected chi connectivity index (χ2v) is 5.65. The molecule has 7 nitrogen and oxygen atoms in total. The van der Waals surface area contributed by atoms with Crippen LogP contribution in [0.2, 0.25) is 0 Å². The number of primary amides is 1. The molecule has 21 heavy (non-hydrogen) atoms. The zero-order valence-electron chi connectivity index (χ0n) is 12.5. The topological polar surface area (TPSA) is 113 Å². The molecule has 1 aliphatic rings. The summed E-state index contributed by atoms with van der Waals surface area (Å²) >= 11 is 0. The molecule has 0 heterocycles. The highest BCUT2D eigenvalue weighted by molar-refractivity contribution is 5.83. The number of rotatable bonds is 8. The zero-order valence-corrected chi connectivity index (χ0v) is 12.5. The number of carbonyl (C=O) groups excluding carboxylic acids is 2. The molecule has 0 saturated heterocycles. The summed E-state index contributed by atoms with van der Waals surface area (Å²) in [6.45, 7) is 1.97. The van der Waals surface area contributed by atoms with Gasteiger partial charge in [0.1, 0.15) is 6.54 Å². The molecule has 1 unspecified atom stereocenters. The second kappa shape index (κ2) is 8.49. The Bertz CT molecular complexity index is 380. The van der Waals surface area contributed by atoms with Crippen molar-refractivity contribution in [2.24, 2.45) is 11.7 Å². The molecule has 0 aliphatic heterocycles. The first kappa shape index (κ1) is 17.3. The largest absolute Gasteiger partial charge is 0.481 e. The minimum Gasteiger partial charge on any atom is -0.481 e. The predicted molar refractivity (Wildman–Crippen MR) is 77.6 cm³/mol. The first-order valence-electron chi connectivity index (χ1n) is 7.47. The monoisotopic (exact) mass is 299 g/mol. The Balaban J connectivity index is 2.38. The SMILES string of the molecule is CC(CCCNC(=O)N(CC(N)=O)C1CCCC1)C(=O)O. The van der Waals surface area contributed by atoms with E-state index in [0.29, 0.717) is 19.4 Å². The van der Waals surface area contributed by atoms with Gasteiger partial charge in [0.05, 0.1) is 5.92 Å². The number of nitrogens with one attached hydrogen (secondary N) is 1. The summed E-state index contributed by atoms with van der Waals surface area (Å²) in [6.07, 6.45) is 5.02. The summed E-state index contributed by atoms with van der Waals surface area (Å²) in [5, 5.41) is 11.5. The fraction of sp³-hybridized carbons (Fsp3) is 0.786. The summed E-state index contributed by atoms with van der Waals surface area (Å²) in [5.74, 6) is -1.77. The predicted octanol–water partition coefficient (Wildman–Crippen LogP) is 0.927. The van der Waals surface area contributed by atoms with Gasteiger partial charge in [-0.3, -0.25) is 9.59 Å². The first-order valence-corrected chi connectivity index (χ1v) is 7.47. The minimum atomic E-state index is -0.831. The number of amides is 3. The van der Waals surface area contributed by atoms with Crippen LogP contribution in [0.3, 0.4) is 0 Å². The lowest BCUT2D eigenvalue weighted by molar-refractivity contribution is -0.141. The number of hydrogen-bond acceptors (Lipinski definition) is 3. The Kier molecular flexibility index (Phi) is 6.98. The average molecular weight is 299 g/mol. The smallest absolute Gasteiger partial charge is 0.318 e. The van der Waals surface area contributed by atoms with Gasteiger partial charge in [0, 0.05) is 12.6 Å². The van der Waals surface area contributed by atoms with E-state index in [0.717, 1.165) is 25.7 Å². The number of carboxylic acids is 1. The molecule has 1 fully saturated rings. The maximum Gasteiger partial charge on any atom is 0.318 e. The van der Waals surface area contributed by atoms with E-state index in [9.17, 15) is 14.4 Å². The van der Waals surface area contributed by atoms with Crippen molar-refractivity contribution in [1.29, 1.82) is 0 Å². The number of carboxylic acid groups (broad SMARTS) is 1. The van der Waals surface area contributed by atoms with E-state index >= 15 is 0 Å². The molecule has 3 amide bonds. The number of nitrogens with zero attached hydrogens (tertiary/aromatic N) is 1. The summed E-state index contributed by atoms with van der Waals surface area (Å²) in [7, 11) is 0. The lowest BCUT2D eigenvalue weighted by atomic mass is 10.1. The van der Waals surface area contributed by atoms with Crippen molar-refractivity contribution in [3.63, 3.8) is 0 Å². The highest BCUT2D eigenvalue weighted by atomic mass is 16.4. The molecule has 120 valence electrons. The summed E-state index contributed by atoms with van der Waals surface area (Å²) in [4.78, 5) is 35.4. The van der Waals surface area contributed by atoms with Gasteiger partial charge in [0.15, 0.2) is 0 Å². The van der Waals surface area contributed by atoms with Crippen LogP contribution in [0.25, 0.3) is 0 Å². The van der Waals surface area contributed by atoms with Crippen molar-refractivity contribution in [2.75, 3.05) is 13.1 Å². The molecule has 0 radical (unpaired) electrons. The standard InChI is InChI=1S/C14H25N3O4/c1-10(13(19)20)5-4-8-16-14(21)17(9-12(15)18)11-6-2-3-7-11/h10-11H,2-9H2,1H3,(H2,15,18)(H,16,21)(H,19,20). The van der Waals surface area contributed by atoms with Crippen LogP contribution in [0.4, 0.5) is 4.79 Å². The van der Waals surface area contributed by atoms with Gasteiger partial charge < -0.3 is 21.1 Å². The molecule has 7 heteroatoms. The van der Waals surface area contributed by atoms with E-state index in [4.69, 9.17) is 10.8 Å². The third kappa shape index (κ3) is 6.01. The van der Waals surface area contributed by atoms with Gasteiger partial charge in [-0.15, -0.1) is 0 Å². The summed E-state index contributed by atoms with van der Waals surface area (Å²) in [5.41, 5.74) is 5.20. The molecular weight excluding hydrogens is 274 g/mol. The van der Waals surface area contributed by atoms with Crippen molar-refractivity contribution >= 4 is 17.9 Å². The fourth-order valence-electron chi connectivity index (χ4n) is 2.58. The number of urea groups is 1. The normalized spacial score (nSPS) is 16.4. The number of nitrogens with two attached hydrogens (primary N) is 1. The van der Waals surface area contributed by atoms with Crippen molar-refractivity contribution < 1.29 is 19.5 Å². The van der Waals surface area contributed by atoms with Crippen molar-refractivity contribution in [2.45, 2.75) is 51.5 Å². The quantitative estimate of drug-likeness (QED) is 0.578.